The normalized spacial score (nSPS) is 11.8. The maximum absolute atomic E-state index is 9.57. The van der Waals surface area contributed by atoms with Gasteiger partial charge in [0.05, 0.1) is 12.1 Å². The molecule has 1 N–H and O–H groups in total. The van der Waals surface area contributed by atoms with E-state index in [0.29, 0.717) is 0 Å². The van der Waals surface area contributed by atoms with Crippen LogP contribution in [0.5, 0.6) is 0 Å². The third kappa shape index (κ3) is 4.59. The van der Waals surface area contributed by atoms with Gasteiger partial charge in [0.25, 0.3) is 0 Å². The number of carboxylic acid groups (broad SMARTS) is 1. The third-order valence-corrected chi connectivity index (χ3v) is 0.659. The zero-order valence-corrected chi connectivity index (χ0v) is 7.05. The van der Waals surface area contributed by atoms with Crippen molar-refractivity contribution in [2.75, 3.05) is 0 Å². The number of carbonyl (C=O) groups is 1. The maximum Gasteiger partial charge on any atom is 1.00 e. The van der Waals surface area contributed by atoms with Crippen LogP contribution < -0.4 is 34.7 Å². The molecule has 8 heavy (non-hydrogen) atoms. The molecule has 0 aromatic heterocycles. The summed E-state index contributed by atoms with van der Waals surface area (Å²) < 4.78 is 0. The first kappa shape index (κ1) is 11.3. The molecular formula is C4H7NaO3. The number of hydrogen-bond donors (Lipinski definition) is 1. The first-order valence-electron chi connectivity index (χ1n) is 2.07. The fraction of sp³-hybridized carbons (Fsp3) is 0.750. The van der Waals surface area contributed by atoms with Gasteiger partial charge in [-0.1, -0.05) is 6.92 Å². The van der Waals surface area contributed by atoms with Crippen LogP contribution in [-0.4, -0.2) is 17.2 Å². The molecular weight excluding hydrogens is 119 g/mol. The average Bonchev–Trinajstić information content (AvgIpc) is 1.65. The molecule has 3 nitrogen and oxygen atoms in total. The Bertz CT molecular complexity index is 73.7. The van der Waals surface area contributed by atoms with E-state index in [0.717, 1.165) is 0 Å². The monoisotopic (exact) mass is 126 g/mol. The fourth-order valence-corrected chi connectivity index (χ4v) is 0.167. The van der Waals surface area contributed by atoms with Crippen molar-refractivity contribution in [3.63, 3.8) is 0 Å². The van der Waals surface area contributed by atoms with E-state index in [-0.39, 0.29) is 36.0 Å². The maximum atomic E-state index is 9.57. The molecule has 0 aromatic rings. The first-order valence-corrected chi connectivity index (χ1v) is 2.07. The number of aliphatic hydroxyl groups is 1. The van der Waals surface area contributed by atoms with Crippen LogP contribution in [-0.2, 0) is 4.79 Å². The number of aliphatic carboxylic acids is 1. The molecule has 0 spiro atoms. The number of carboxylic acids is 1. The van der Waals surface area contributed by atoms with Crippen molar-refractivity contribution < 1.29 is 44.6 Å². The third-order valence-electron chi connectivity index (χ3n) is 0.659. The van der Waals surface area contributed by atoms with E-state index in [1.54, 1.807) is 6.92 Å². The molecule has 0 unspecified atom stereocenters. The Morgan fingerprint density at radius 2 is 2.25 bits per heavy atom. The summed E-state index contributed by atoms with van der Waals surface area (Å²) in [6.07, 6.45) is -1.08. The van der Waals surface area contributed by atoms with Crippen molar-refractivity contribution >= 4 is 5.97 Å². The standard InChI is InChI=1S/C4H8O3.Na/c1-2-3(5)4(6)7;/h3,5H,2H2,1H3,(H,6,7);/q;+1/p-1/t3-;/m0./s1. The number of rotatable bonds is 2. The second-order valence-corrected chi connectivity index (χ2v) is 1.24. The average molecular weight is 126 g/mol. The van der Waals surface area contributed by atoms with Gasteiger partial charge >= 0.3 is 29.6 Å². The molecule has 0 aliphatic heterocycles. The summed E-state index contributed by atoms with van der Waals surface area (Å²) in [5.41, 5.74) is 0. The van der Waals surface area contributed by atoms with Crippen LogP contribution in [0, 0.1) is 0 Å². The van der Waals surface area contributed by atoms with Gasteiger partial charge in [0.2, 0.25) is 0 Å². The van der Waals surface area contributed by atoms with E-state index < -0.39 is 12.1 Å². The van der Waals surface area contributed by atoms with Crippen LogP contribution in [0.15, 0.2) is 0 Å². The molecule has 0 saturated carbocycles. The van der Waals surface area contributed by atoms with Crippen molar-refractivity contribution in [2.45, 2.75) is 19.4 Å². The number of carbonyl (C=O) groups excluding carboxylic acids is 1. The minimum absolute atomic E-state index is 0. The molecule has 0 rings (SSSR count). The Balaban J connectivity index is 0. The van der Waals surface area contributed by atoms with E-state index in [1.165, 1.54) is 0 Å². The van der Waals surface area contributed by atoms with Gasteiger partial charge in [-0.3, -0.25) is 0 Å². The molecule has 0 aliphatic carbocycles. The topological polar surface area (TPSA) is 60.4 Å². The smallest absolute Gasteiger partial charge is 0.547 e. The summed E-state index contributed by atoms with van der Waals surface area (Å²) in [6.45, 7) is 1.57. The number of hydrogen-bond acceptors (Lipinski definition) is 3. The molecule has 0 aliphatic rings. The van der Waals surface area contributed by atoms with Crippen LogP contribution in [0.1, 0.15) is 13.3 Å². The van der Waals surface area contributed by atoms with Crippen LogP contribution in [0.4, 0.5) is 0 Å². The van der Waals surface area contributed by atoms with Gasteiger partial charge < -0.3 is 15.0 Å². The molecule has 0 heterocycles. The second-order valence-electron chi connectivity index (χ2n) is 1.24. The minimum atomic E-state index is -1.40. The fourth-order valence-electron chi connectivity index (χ4n) is 0.167. The minimum Gasteiger partial charge on any atom is -0.547 e. The molecule has 0 radical (unpaired) electrons. The van der Waals surface area contributed by atoms with E-state index >= 15 is 0 Å². The van der Waals surface area contributed by atoms with Crippen molar-refractivity contribution in [2.24, 2.45) is 0 Å². The zero-order chi connectivity index (χ0) is 5.86. The van der Waals surface area contributed by atoms with Crippen molar-refractivity contribution in [3.8, 4) is 0 Å². The van der Waals surface area contributed by atoms with Crippen LogP contribution in [0.25, 0.3) is 0 Å². The Morgan fingerprint density at radius 3 is 2.25 bits per heavy atom. The zero-order valence-electron chi connectivity index (χ0n) is 5.05. The SMILES string of the molecule is CC[C@H](O)C(=O)[O-].[Na+]. The molecule has 4 heteroatoms. The number of aliphatic hydroxyl groups excluding tert-OH is 1. The van der Waals surface area contributed by atoms with Gasteiger partial charge in [0.15, 0.2) is 0 Å². The van der Waals surface area contributed by atoms with Crippen LogP contribution in [0.2, 0.25) is 0 Å². The van der Waals surface area contributed by atoms with E-state index in [2.05, 4.69) is 0 Å². The molecule has 42 valence electrons. The van der Waals surface area contributed by atoms with Gasteiger partial charge in [-0.15, -0.1) is 0 Å². The Kier molecular flexibility index (Phi) is 7.83. The van der Waals surface area contributed by atoms with Crippen molar-refractivity contribution in [1.29, 1.82) is 0 Å². The first-order chi connectivity index (χ1) is 3.18. The quantitative estimate of drug-likeness (QED) is 0.379. The summed E-state index contributed by atoms with van der Waals surface area (Å²) in [5.74, 6) is -1.40. The largest absolute Gasteiger partial charge is 1.00 e. The van der Waals surface area contributed by atoms with Gasteiger partial charge in [-0.05, 0) is 6.42 Å². The van der Waals surface area contributed by atoms with Gasteiger partial charge in [-0.2, -0.15) is 0 Å². The van der Waals surface area contributed by atoms with E-state index in [4.69, 9.17) is 5.11 Å². The van der Waals surface area contributed by atoms with Gasteiger partial charge in [0.1, 0.15) is 0 Å². The summed E-state index contributed by atoms with van der Waals surface area (Å²) >= 11 is 0. The molecule has 0 aromatic carbocycles. The Hall–Kier alpha value is 0.430. The van der Waals surface area contributed by atoms with Crippen LogP contribution in [0.3, 0.4) is 0 Å². The summed E-state index contributed by atoms with van der Waals surface area (Å²) in [4.78, 5) is 9.57. The molecule has 0 saturated heterocycles. The van der Waals surface area contributed by atoms with E-state index in [9.17, 15) is 9.90 Å². The van der Waals surface area contributed by atoms with Crippen molar-refractivity contribution in [1.82, 2.24) is 0 Å². The molecule has 1 atom stereocenters. The van der Waals surface area contributed by atoms with Gasteiger partial charge in [-0.25, -0.2) is 0 Å². The van der Waals surface area contributed by atoms with Crippen molar-refractivity contribution in [3.05, 3.63) is 0 Å². The van der Waals surface area contributed by atoms with E-state index in [1.807, 2.05) is 0 Å². The summed E-state index contributed by atoms with van der Waals surface area (Å²) in [6, 6.07) is 0. The Labute approximate surface area is 70.0 Å². The molecule has 0 fully saturated rings. The summed E-state index contributed by atoms with van der Waals surface area (Å²) in [7, 11) is 0. The second kappa shape index (κ2) is 5.56. The summed E-state index contributed by atoms with van der Waals surface area (Å²) in [5, 5.41) is 17.8. The van der Waals surface area contributed by atoms with Crippen LogP contribution >= 0.6 is 0 Å². The predicted molar refractivity (Wildman–Crippen MR) is 21.3 cm³/mol. The molecule has 0 amide bonds. The predicted octanol–water partition coefficient (Wildman–Crippen LogP) is -4.49. The molecule has 0 bridgehead atoms. The van der Waals surface area contributed by atoms with Gasteiger partial charge in [0, 0.05) is 0 Å². The Morgan fingerprint density at radius 1 is 1.88 bits per heavy atom.